The maximum atomic E-state index is 12.5. The Labute approximate surface area is 170 Å². The summed E-state index contributed by atoms with van der Waals surface area (Å²) < 4.78 is 10.8. The van der Waals surface area contributed by atoms with Crippen LogP contribution in [0.1, 0.15) is 15.9 Å². The van der Waals surface area contributed by atoms with E-state index in [0.717, 1.165) is 4.47 Å². The van der Waals surface area contributed by atoms with Crippen LogP contribution in [0.5, 0.6) is 5.75 Å². The summed E-state index contributed by atoms with van der Waals surface area (Å²) in [6.45, 7) is 0.0586. The van der Waals surface area contributed by atoms with E-state index >= 15 is 0 Å². The van der Waals surface area contributed by atoms with Crippen LogP contribution >= 0.6 is 15.9 Å². The number of esters is 1. The summed E-state index contributed by atoms with van der Waals surface area (Å²) in [7, 11) is 1.28. The van der Waals surface area contributed by atoms with E-state index in [2.05, 4.69) is 31.9 Å². The van der Waals surface area contributed by atoms with Crippen LogP contribution in [-0.4, -0.2) is 25.6 Å². The fourth-order valence-corrected chi connectivity index (χ4v) is 2.57. The topological polar surface area (TPSA) is 88.4 Å². The Morgan fingerprint density at radius 2 is 1.96 bits per heavy atom. The Balaban J connectivity index is 2.24. The summed E-state index contributed by atoms with van der Waals surface area (Å²) in [6.07, 6.45) is 6.62. The van der Waals surface area contributed by atoms with Crippen LogP contribution in [0.3, 0.4) is 0 Å². The molecule has 2 rings (SSSR count). The maximum Gasteiger partial charge on any atom is 0.337 e. The van der Waals surface area contributed by atoms with Crippen molar-refractivity contribution in [2.24, 2.45) is 0 Å². The molecule has 2 aromatic carbocycles. The lowest BCUT2D eigenvalue weighted by molar-refractivity contribution is -0.112. The van der Waals surface area contributed by atoms with Crippen LogP contribution in [0.25, 0.3) is 6.08 Å². The summed E-state index contributed by atoms with van der Waals surface area (Å²) in [5, 5.41) is 12.0. The quantitative estimate of drug-likeness (QED) is 0.320. The SMILES string of the molecule is C#CCOc1ccc(Br)cc1/C=C(\C#N)C(=O)Nc1ccc(C(=O)OC)cc1. The van der Waals surface area contributed by atoms with Crippen LogP contribution in [-0.2, 0) is 9.53 Å². The molecule has 0 saturated carbocycles. The Hall–Kier alpha value is -3.55. The van der Waals surface area contributed by atoms with Crippen molar-refractivity contribution in [2.75, 3.05) is 19.0 Å². The second kappa shape index (κ2) is 9.96. The van der Waals surface area contributed by atoms with E-state index in [1.807, 2.05) is 6.07 Å². The fraction of sp³-hybridized carbons (Fsp3) is 0.0952. The second-order valence-corrected chi connectivity index (χ2v) is 6.28. The van der Waals surface area contributed by atoms with Crippen LogP contribution in [0.2, 0.25) is 0 Å². The van der Waals surface area contributed by atoms with Gasteiger partial charge in [-0.05, 0) is 48.5 Å². The zero-order valence-corrected chi connectivity index (χ0v) is 16.4. The Bertz CT molecular complexity index is 999. The number of rotatable bonds is 6. The molecule has 0 atom stereocenters. The van der Waals surface area contributed by atoms with Gasteiger partial charge in [0.15, 0.2) is 0 Å². The third-order valence-electron chi connectivity index (χ3n) is 3.51. The van der Waals surface area contributed by atoms with Gasteiger partial charge in [-0.2, -0.15) is 5.26 Å². The molecule has 0 unspecified atom stereocenters. The first kappa shape index (κ1) is 20.8. The van der Waals surface area contributed by atoms with Crippen molar-refractivity contribution >= 4 is 39.6 Å². The molecular formula is C21H15BrN2O4. The predicted octanol–water partition coefficient (Wildman–Crippen LogP) is 3.79. The molecule has 0 heterocycles. The number of nitrogens with zero attached hydrogens (tertiary/aromatic N) is 1. The van der Waals surface area contributed by atoms with Crippen molar-refractivity contribution in [3.05, 3.63) is 63.6 Å². The molecule has 0 aliphatic carbocycles. The van der Waals surface area contributed by atoms with Gasteiger partial charge in [-0.3, -0.25) is 4.79 Å². The number of halogens is 1. The predicted molar refractivity (Wildman–Crippen MR) is 108 cm³/mol. The number of amides is 1. The van der Waals surface area contributed by atoms with Crippen molar-refractivity contribution in [3.8, 4) is 24.2 Å². The van der Waals surface area contributed by atoms with E-state index in [1.165, 1.54) is 25.3 Å². The summed E-state index contributed by atoms with van der Waals surface area (Å²) >= 11 is 3.35. The number of hydrogen-bond acceptors (Lipinski definition) is 5. The second-order valence-electron chi connectivity index (χ2n) is 5.37. The number of nitriles is 1. The highest BCUT2D eigenvalue weighted by atomic mass is 79.9. The van der Waals surface area contributed by atoms with E-state index in [1.54, 1.807) is 30.3 Å². The molecule has 0 aromatic heterocycles. The summed E-state index contributed by atoms with van der Waals surface area (Å²) in [4.78, 5) is 23.9. The summed E-state index contributed by atoms with van der Waals surface area (Å²) in [5.74, 6) is 1.73. The van der Waals surface area contributed by atoms with Gasteiger partial charge in [0.1, 0.15) is 24.0 Å². The minimum atomic E-state index is -0.601. The highest BCUT2D eigenvalue weighted by molar-refractivity contribution is 9.10. The average Bonchev–Trinajstić information content (AvgIpc) is 2.71. The van der Waals surface area contributed by atoms with Crippen LogP contribution in [0.15, 0.2) is 52.5 Å². The number of ether oxygens (including phenoxy) is 2. The van der Waals surface area contributed by atoms with Gasteiger partial charge < -0.3 is 14.8 Å². The number of carbonyl (C=O) groups is 2. The third-order valence-corrected chi connectivity index (χ3v) is 4.00. The molecule has 0 saturated heterocycles. The van der Waals surface area contributed by atoms with Crippen LogP contribution in [0, 0.1) is 23.7 Å². The van der Waals surface area contributed by atoms with Gasteiger partial charge in [-0.15, -0.1) is 6.42 Å². The maximum absolute atomic E-state index is 12.5. The molecule has 2 aromatic rings. The Morgan fingerprint density at radius 3 is 2.57 bits per heavy atom. The van der Waals surface area contributed by atoms with Crippen molar-refractivity contribution < 1.29 is 19.1 Å². The number of nitrogens with one attached hydrogen (secondary N) is 1. The van der Waals surface area contributed by atoms with Gasteiger partial charge in [-0.1, -0.05) is 21.9 Å². The molecule has 0 aliphatic rings. The average molecular weight is 439 g/mol. The number of carbonyl (C=O) groups excluding carboxylic acids is 2. The minimum Gasteiger partial charge on any atom is -0.480 e. The number of methoxy groups -OCH3 is 1. The third kappa shape index (κ3) is 5.47. The standard InChI is InChI=1S/C21H15BrN2O4/c1-3-10-28-19-9-6-17(22)12-15(19)11-16(13-23)20(25)24-18-7-4-14(5-8-18)21(26)27-2/h1,4-9,11-12H,10H2,2H3,(H,24,25)/b16-11+. The van der Waals surface area contributed by atoms with E-state index in [0.29, 0.717) is 22.6 Å². The molecule has 7 heteroatoms. The van der Waals surface area contributed by atoms with Crippen molar-refractivity contribution in [1.82, 2.24) is 0 Å². The molecule has 0 radical (unpaired) electrons. The van der Waals surface area contributed by atoms with E-state index in [-0.39, 0.29) is 12.2 Å². The monoisotopic (exact) mass is 438 g/mol. The molecule has 0 aliphatic heterocycles. The fourth-order valence-electron chi connectivity index (χ4n) is 2.19. The first-order valence-corrected chi connectivity index (χ1v) is 8.75. The first-order valence-electron chi connectivity index (χ1n) is 7.95. The molecule has 6 nitrogen and oxygen atoms in total. The summed E-state index contributed by atoms with van der Waals surface area (Å²) in [6, 6.07) is 13.1. The van der Waals surface area contributed by atoms with Gasteiger partial charge in [0.05, 0.1) is 12.7 Å². The van der Waals surface area contributed by atoms with Crippen molar-refractivity contribution in [1.29, 1.82) is 5.26 Å². The van der Waals surface area contributed by atoms with E-state index in [4.69, 9.17) is 11.2 Å². The van der Waals surface area contributed by atoms with E-state index in [9.17, 15) is 14.9 Å². The molecule has 28 heavy (non-hydrogen) atoms. The van der Waals surface area contributed by atoms with Crippen molar-refractivity contribution in [3.63, 3.8) is 0 Å². The lowest BCUT2D eigenvalue weighted by Gasteiger charge is -2.09. The van der Waals surface area contributed by atoms with Gasteiger partial charge in [0.25, 0.3) is 5.91 Å². The first-order chi connectivity index (χ1) is 13.5. The number of terminal acetylenes is 1. The minimum absolute atomic E-state index is 0.0586. The zero-order valence-electron chi connectivity index (χ0n) is 14.9. The highest BCUT2D eigenvalue weighted by Crippen LogP contribution is 2.26. The Morgan fingerprint density at radius 1 is 1.25 bits per heavy atom. The zero-order chi connectivity index (χ0) is 20.5. The lowest BCUT2D eigenvalue weighted by atomic mass is 10.1. The summed E-state index contributed by atoms with van der Waals surface area (Å²) in [5.41, 5.74) is 1.18. The molecule has 140 valence electrons. The number of anilines is 1. The molecular weight excluding hydrogens is 424 g/mol. The van der Waals surface area contributed by atoms with Crippen LogP contribution < -0.4 is 10.1 Å². The van der Waals surface area contributed by atoms with Gasteiger partial charge in [0, 0.05) is 15.7 Å². The van der Waals surface area contributed by atoms with E-state index < -0.39 is 11.9 Å². The van der Waals surface area contributed by atoms with Gasteiger partial charge >= 0.3 is 5.97 Å². The highest BCUT2D eigenvalue weighted by Gasteiger charge is 2.13. The molecule has 0 fully saturated rings. The lowest BCUT2D eigenvalue weighted by Crippen LogP contribution is -2.13. The van der Waals surface area contributed by atoms with Gasteiger partial charge in [-0.25, -0.2) is 4.79 Å². The largest absolute Gasteiger partial charge is 0.480 e. The number of hydrogen-bond donors (Lipinski definition) is 1. The Kier molecular flexibility index (Phi) is 7.38. The molecule has 0 bridgehead atoms. The number of benzene rings is 2. The molecule has 0 spiro atoms. The van der Waals surface area contributed by atoms with Gasteiger partial charge in [0.2, 0.25) is 0 Å². The van der Waals surface area contributed by atoms with Crippen LogP contribution in [0.4, 0.5) is 5.69 Å². The molecule has 1 amide bonds. The van der Waals surface area contributed by atoms with Crippen molar-refractivity contribution in [2.45, 2.75) is 0 Å². The normalized spacial score (nSPS) is 10.4. The smallest absolute Gasteiger partial charge is 0.337 e. The molecule has 1 N–H and O–H groups in total.